The van der Waals surface area contributed by atoms with E-state index < -0.39 is 18.1 Å². The lowest BCUT2D eigenvalue weighted by Gasteiger charge is -2.35. The number of nitrogens with zero attached hydrogens (tertiary/aromatic N) is 1. The smallest absolute Gasteiger partial charge is 0.333 e. The van der Waals surface area contributed by atoms with Crippen LogP contribution in [0.1, 0.15) is 40.0 Å². The van der Waals surface area contributed by atoms with Gasteiger partial charge in [0.1, 0.15) is 6.54 Å². The highest BCUT2D eigenvalue weighted by Gasteiger charge is 2.45. The molecule has 1 unspecified atom stereocenters. The van der Waals surface area contributed by atoms with Crippen LogP contribution in [-0.4, -0.2) is 43.2 Å². The second-order valence-electron chi connectivity index (χ2n) is 6.15. The SMILES string of the molecule is CCCC1(C(=O)N(CC(C)C)CC(F)(F)F)CCNC1. The summed E-state index contributed by atoms with van der Waals surface area (Å²) >= 11 is 0. The summed E-state index contributed by atoms with van der Waals surface area (Å²) in [6, 6.07) is 0. The first-order chi connectivity index (χ1) is 9.20. The summed E-state index contributed by atoms with van der Waals surface area (Å²) in [7, 11) is 0. The fourth-order valence-corrected chi connectivity index (χ4v) is 2.94. The molecule has 118 valence electrons. The molecule has 1 fully saturated rings. The maximum absolute atomic E-state index is 12.7. The maximum Gasteiger partial charge on any atom is 0.406 e. The Labute approximate surface area is 118 Å². The topological polar surface area (TPSA) is 32.3 Å². The third kappa shape index (κ3) is 4.65. The summed E-state index contributed by atoms with van der Waals surface area (Å²) in [6.07, 6.45) is -2.27. The van der Waals surface area contributed by atoms with Gasteiger partial charge in [0.2, 0.25) is 5.91 Å². The molecular weight excluding hydrogens is 269 g/mol. The van der Waals surface area contributed by atoms with Crippen molar-refractivity contribution >= 4 is 5.91 Å². The van der Waals surface area contributed by atoms with E-state index in [1.54, 1.807) is 0 Å². The molecule has 0 aromatic rings. The summed E-state index contributed by atoms with van der Waals surface area (Å²) in [6.45, 7) is 5.83. The van der Waals surface area contributed by atoms with Crippen molar-refractivity contribution in [2.45, 2.75) is 46.2 Å². The van der Waals surface area contributed by atoms with Crippen molar-refractivity contribution < 1.29 is 18.0 Å². The third-order valence-electron chi connectivity index (χ3n) is 3.67. The van der Waals surface area contributed by atoms with Crippen molar-refractivity contribution in [1.82, 2.24) is 10.2 Å². The molecule has 0 aromatic carbocycles. The van der Waals surface area contributed by atoms with E-state index in [1.807, 2.05) is 20.8 Å². The largest absolute Gasteiger partial charge is 0.406 e. The molecule has 1 aliphatic rings. The standard InChI is InChI=1S/C14H25F3N2O/c1-4-5-13(6-7-18-9-13)12(20)19(8-11(2)3)10-14(15,16)17/h11,18H,4-10H2,1-3H3. The zero-order chi connectivity index (χ0) is 15.4. The second-order valence-corrected chi connectivity index (χ2v) is 6.15. The molecule has 6 heteroatoms. The molecular formula is C14H25F3N2O. The van der Waals surface area contributed by atoms with Gasteiger partial charge in [-0.3, -0.25) is 4.79 Å². The van der Waals surface area contributed by atoms with Gasteiger partial charge in [0.05, 0.1) is 5.41 Å². The summed E-state index contributed by atoms with van der Waals surface area (Å²) in [5.41, 5.74) is -0.644. The average molecular weight is 294 g/mol. The van der Waals surface area contributed by atoms with Crippen molar-refractivity contribution in [3.63, 3.8) is 0 Å². The van der Waals surface area contributed by atoms with Crippen molar-refractivity contribution in [2.75, 3.05) is 26.2 Å². The Morgan fingerprint density at radius 2 is 2.05 bits per heavy atom. The quantitative estimate of drug-likeness (QED) is 0.817. The monoisotopic (exact) mass is 294 g/mol. The summed E-state index contributed by atoms with van der Waals surface area (Å²) < 4.78 is 38.1. The van der Waals surface area contributed by atoms with Gasteiger partial charge in [-0.05, 0) is 25.3 Å². The maximum atomic E-state index is 12.7. The fourth-order valence-electron chi connectivity index (χ4n) is 2.94. The molecule has 1 amide bonds. The van der Waals surface area contributed by atoms with Crippen molar-refractivity contribution in [3.8, 4) is 0 Å². The van der Waals surface area contributed by atoms with Crippen molar-refractivity contribution in [2.24, 2.45) is 11.3 Å². The van der Waals surface area contributed by atoms with Gasteiger partial charge in [0.15, 0.2) is 0 Å². The number of nitrogens with one attached hydrogen (secondary N) is 1. The van der Waals surface area contributed by atoms with Gasteiger partial charge in [0, 0.05) is 13.1 Å². The van der Waals surface area contributed by atoms with E-state index >= 15 is 0 Å². The first kappa shape index (κ1) is 17.3. The molecule has 0 spiro atoms. The second kappa shape index (κ2) is 6.78. The number of amides is 1. The summed E-state index contributed by atoms with van der Waals surface area (Å²) in [4.78, 5) is 13.7. The lowest BCUT2D eigenvalue weighted by atomic mass is 9.81. The van der Waals surface area contributed by atoms with Crippen LogP contribution in [0, 0.1) is 11.3 Å². The van der Waals surface area contributed by atoms with Crippen LogP contribution in [0.4, 0.5) is 13.2 Å². The molecule has 0 saturated carbocycles. The number of hydrogen-bond acceptors (Lipinski definition) is 2. The Balaban J connectivity index is 2.89. The molecule has 1 atom stereocenters. The predicted octanol–water partition coefficient (Wildman–Crippen LogP) is 2.81. The number of halogens is 3. The van der Waals surface area contributed by atoms with E-state index in [1.165, 1.54) is 0 Å². The first-order valence-corrected chi connectivity index (χ1v) is 7.27. The number of carbonyl (C=O) groups excluding carboxylic acids is 1. The van der Waals surface area contributed by atoms with Crippen LogP contribution in [0.2, 0.25) is 0 Å². The highest BCUT2D eigenvalue weighted by atomic mass is 19.4. The van der Waals surface area contributed by atoms with Gasteiger partial charge >= 0.3 is 6.18 Å². The van der Waals surface area contributed by atoms with Crippen LogP contribution < -0.4 is 5.32 Å². The van der Waals surface area contributed by atoms with Crippen LogP contribution in [0.25, 0.3) is 0 Å². The van der Waals surface area contributed by atoms with Gasteiger partial charge in [-0.15, -0.1) is 0 Å². The lowest BCUT2D eigenvalue weighted by molar-refractivity contribution is -0.168. The normalized spacial score (nSPS) is 23.4. The van der Waals surface area contributed by atoms with Gasteiger partial charge in [0.25, 0.3) is 0 Å². The summed E-state index contributed by atoms with van der Waals surface area (Å²) in [5, 5.41) is 3.12. The highest BCUT2D eigenvalue weighted by Crippen LogP contribution is 2.34. The lowest BCUT2D eigenvalue weighted by Crippen LogP contribution is -2.49. The van der Waals surface area contributed by atoms with Gasteiger partial charge in [-0.25, -0.2) is 0 Å². The van der Waals surface area contributed by atoms with Gasteiger partial charge in [-0.2, -0.15) is 13.2 Å². The molecule has 0 aromatic heterocycles. The molecule has 1 aliphatic heterocycles. The Hall–Kier alpha value is -0.780. The molecule has 0 radical (unpaired) electrons. The fraction of sp³-hybridized carbons (Fsp3) is 0.929. The third-order valence-corrected chi connectivity index (χ3v) is 3.67. The molecule has 1 rings (SSSR count). The molecule has 1 saturated heterocycles. The minimum absolute atomic E-state index is 0.0225. The van der Waals surface area contributed by atoms with E-state index in [4.69, 9.17) is 0 Å². The summed E-state index contributed by atoms with van der Waals surface area (Å²) in [5.74, 6) is -0.315. The predicted molar refractivity (Wildman–Crippen MR) is 72.3 cm³/mol. The average Bonchev–Trinajstić information content (AvgIpc) is 2.75. The van der Waals surface area contributed by atoms with E-state index in [-0.39, 0.29) is 18.4 Å². The minimum atomic E-state index is -4.34. The highest BCUT2D eigenvalue weighted by molar-refractivity contribution is 5.83. The first-order valence-electron chi connectivity index (χ1n) is 7.27. The van der Waals surface area contributed by atoms with Crippen LogP contribution in [-0.2, 0) is 4.79 Å². The molecule has 0 aliphatic carbocycles. The zero-order valence-electron chi connectivity index (χ0n) is 12.5. The van der Waals surface area contributed by atoms with Gasteiger partial charge in [-0.1, -0.05) is 27.2 Å². The van der Waals surface area contributed by atoms with Crippen molar-refractivity contribution in [1.29, 1.82) is 0 Å². The van der Waals surface area contributed by atoms with Crippen molar-refractivity contribution in [3.05, 3.63) is 0 Å². The Kier molecular flexibility index (Phi) is 5.86. The molecule has 0 bridgehead atoms. The van der Waals surface area contributed by atoms with E-state index in [0.717, 1.165) is 11.3 Å². The minimum Gasteiger partial charge on any atom is -0.333 e. The Bertz CT molecular complexity index is 323. The number of alkyl halides is 3. The van der Waals surface area contributed by atoms with Crippen LogP contribution >= 0.6 is 0 Å². The number of rotatable bonds is 6. The molecule has 1 heterocycles. The molecule has 20 heavy (non-hydrogen) atoms. The van der Waals surface area contributed by atoms with E-state index in [0.29, 0.717) is 25.9 Å². The van der Waals surface area contributed by atoms with Crippen LogP contribution in [0.15, 0.2) is 0 Å². The van der Waals surface area contributed by atoms with Crippen LogP contribution in [0.5, 0.6) is 0 Å². The Morgan fingerprint density at radius 3 is 2.45 bits per heavy atom. The zero-order valence-corrected chi connectivity index (χ0v) is 12.5. The van der Waals surface area contributed by atoms with E-state index in [2.05, 4.69) is 5.32 Å². The number of carbonyl (C=O) groups is 1. The molecule has 1 N–H and O–H groups in total. The van der Waals surface area contributed by atoms with E-state index in [9.17, 15) is 18.0 Å². The van der Waals surface area contributed by atoms with Gasteiger partial charge < -0.3 is 10.2 Å². The van der Waals surface area contributed by atoms with Crippen LogP contribution in [0.3, 0.4) is 0 Å². The molecule has 3 nitrogen and oxygen atoms in total. The Morgan fingerprint density at radius 1 is 1.40 bits per heavy atom. The number of hydrogen-bond donors (Lipinski definition) is 1.